The molecule has 0 aromatic heterocycles. The maximum absolute atomic E-state index is 6.93. The van der Waals surface area contributed by atoms with Gasteiger partial charge in [0.15, 0.2) is 0 Å². The summed E-state index contributed by atoms with van der Waals surface area (Å²) in [5, 5.41) is 0. The maximum atomic E-state index is 6.93. The van der Waals surface area contributed by atoms with E-state index in [1.807, 2.05) is 0 Å². The highest BCUT2D eigenvalue weighted by atomic mass is 14.6. The first-order chi connectivity index (χ1) is 19.3. The lowest BCUT2D eigenvalue weighted by Crippen LogP contribution is -2.31. The molecule has 0 bridgehead atoms. The van der Waals surface area contributed by atoms with E-state index >= 15 is 0 Å². The number of allylic oxidation sites excluding steroid dienone is 4. The van der Waals surface area contributed by atoms with E-state index < -0.39 is 5.41 Å². The minimum Gasteiger partial charge on any atom is -0.398 e. The molecule has 0 heterocycles. The largest absolute Gasteiger partial charge is 0.398 e. The van der Waals surface area contributed by atoms with Crippen molar-refractivity contribution >= 4 is 11.3 Å². The SMILES string of the molecule is Nc1ccccc1C1(c2cccc3c2CC2=C3C=CCC2)c2ccccc2-c2ccc(-c3ccccc3)cc21. The Morgan fingerprint density at radius 1 is 0.564 bits per heavy atom. The third-order valence-corrected chi connectivity index (χ3v) is 9.06. The molecule has 0 amide bonds. The topological polar surface area (TPSA) is 26.0 Å². The molecule has 5 aromatic carbocycles. The predicted molar refractivity (Wildman–Crippen MR) is 163 cm³/mol. The highest BCUT2D eigenvalue weighted by molar-refractivity contribution is 5.92. The lowest BCUT2D eigenvalue weighted by molar-refractivity contribution is 0.758. The molecule has 8 rings (SSSR count). The van der Waals surface area contributed by atoms with Crippen LogP contribution in [0.2, 0.25) is 0 Å². The Morgan fingerprint density at radius 2 is 1.28 bits per heavy atom. The second-order valence-electron chi connectivity index (χ2n) is 11.0. The molecule has 3 aliphatic rings. The van der Waals surface area contributed by atoms with Crippen molar-refractivity contribution in [2.75, 3.05) is 5.73 Å². The summed E-state index contributed by atoms with van der Waals surface area (Å²) in [6.07, 6.45) is 7.96. The van der Waals surface area contributed by atoms with Gasteiger partial charge in [0.2, 0.25) is 0 Å². The zero-order valence-electron chi connectivity index (χ0n) is 21.8. The van der Waals surface area contributed by atoms with E-state index in [-0.39, 0.29) is 0 Å². The van der Waals surface area contributed by atoms with Crippen LogP contribution in [0.25, 0.3) is 27.8 Å². The third kappa shape index (κ3) is 3.08. The summed E-state index contributed by atoms with van der Waals surface area (Å²) in [5.74, 6) is 0. The second kappa shape index (κ2) is 8.44. The molecule has 0 spiro atoms. The zero-order valence-corrected chi connectivity index (χ0v) is 21.8. The van der Waals surface area contributed by atoms with Crippen molar-refractivity contribution in [1.82, 2.24) is 0 Å². The number of hydrogen-bond donors (Lipinski definition) is 1. The molecule has 3 aliphatic carbocycles. The summed E-state index contributed by atoms with van der Waals surface area (Å²) in [4.78, 5) is 0. The molecular formula is C38H29N. The quantitative estimate of drug-likeness (QED) is 0.242. The van der Waals surface area contributed by atoms with Gasteiger partial charge >= 0.3 is 0 Å². The number of nitrogens with two attached hydrogens (primary N) is 1. The van der Waals surface area contributed by atoms with E-state index in [0.29, 0.717) is 0 Å². The molecule has 0 saturated carbocycles. The van der Waals surface area contributed by atoms with Gasteiger partial charge in [-0.25, -0.2) is 0 Å². The molecule has 1 atom stereocenters. The Bertz CT molecular complexity index is 1840. The Hall–Kier alpha value is -4.62. The lowest BCUT2D eigenvalue weighted by atomic mass is 9.65. The summed E-state index contributed by atoms with van der Waals surface area (Å²) in [5.41, 5.74) is 23.3. The second-order valence-corrected chi connectivity index (χ2v) is 11.0. The minimum absolute atomic E-state index is 0.508. The van der Waals surface area contributed by atoms with E-state index in [1.165, 1.54) is 55.6 Å². The van der Waals surface area contributed by atoms with Crippen LogP contribution < -0.4 is 5.73 Å². The fourth-order valence-corrected chi connectivity index (χ4v) is 7.42. The maximum Gasteiger partial charge on any atom is 0.0736 e. The van der Waals surface area contributed by atoms with Gasteiger partial charge in [0, 0.05) is 5.69 Å². The third-order valence-electron chi connectivity index (χ3n) is 9.06. The zero-order chi connectivity index (χ0) is 26.0. The number of hydrogen-bond acceptors (Lipinski definition) is 1. The van der Waals surface area contributed by atoms with Crippen LogP contribution in [0.1, 0.15) is 46.2 Å². The summed E-state index contributed by atoms with van der Waals surface area (Å²) in [6.45, 7) is 0. The molecule has 1 heteroatoms. The Kier molecular flexibility index (Phi) is 4.84. The van der Waals surface area contributed by atoms with Crippen molar-refractivity contribution in [1.29, 1.82) is 0 Å². The smallest absolute Gasteiger partial charge is 0.0736 e. The van der Waals surface area contributed by atoms with Crippen LogP contribution in [0.3, 0.4) is 0 Å². The number of anilines is 1. The molecular weight excluding hydrogens is 470 g/mol. The number of fused-ring (bicyclic) bond motifs is 5. The van der Waals surface area contributed by atoms with Crippen molar-refractivity contribution in [3.8, 4) is 22.3 Å². The van der Waals surface area contributed by atoms with Crippen LogP contribution in [0.4, 0.5) is 5.69 Å². The first-order valence-electron chi connectivity index (χ1n) is 13.9. The van der Waals surface area contributed by atoms with Gasteiger partial charge in [-0.1, -0.05) is 121 Å². The van der Waals surface area contributed by atoms with E-state index in [1.54, 1.807) is 5.57 Å². The van der Waals surface area contributed by atoms with Crippen LogP contribution in [-0.4, -0.2) is 0 Å². The normalized spacial score (nSPS) is 18.5. The van der Waals surface area contributed by atoms with Crippen LogP contribution >= 0.6 is 0 Å². The number of rotatable bonds is 3. The first kappa shape index (κ1) is 22.4. The van der Waals surface area contributed by atoms with Gasteiger partial charge in [0.05, 0.1) is 5.41 Å². The molecule has 5 aromatic rings. The fourth-order valence-electron chi connectivity index (χ4n) is 7.42. The number of nitrogen functional groups attached to an aromatic ring is 1. The van der Waals surface area contributed by atoms with Crippen LogP contribution in [0.5, 0.6) is 0 Å². The molecule has 1 nitrogen and oxygen atoms in total. The first-order valence-corrected chi connectivity index (χ1v) is 13.9. The average molecular weight is 500 g/mol. The molecule has 2 N–H and O–H groups in total. The highest BCUT2D eigenvalue weighted by Gasteiger charge is 2.49. The molecule has 39 heavy (non-hydrogen) atoms. The summed E-state index contributed by atoms with van der Waals surface area (Å²) >= 11 is 0. The van der Waals surface area contributed by atoms with E-state index in [9.17, 15) is 0 Å². The van der Waals surface area contributed by atoms with E-state index in [0.717, 1.165) is 30.5 Å². The van der Waals surface area contributed by atoms with Crippen molar-refractivity contribution in [3.05, 3.63) is 166 Å². The molecule has 0 aliphatic heterocycles. The number of benzene rings is 5. The van der Waals surface area contributed by atoms with Gasteiger partial charge in [-0.15, -0.1) is 0 Å². The summed E-state index contributed by atoms with van der Waals surface area (Å²) < 4.78 is 0. The van der Waals surface area contributed by atoms with Crippen LogP contribution in [0, 0.1) is 0 Å². The molecule has 0 saturated heterocycles. The van der Waals surface area contributed by atoms with Crippen LogP contribution in [0.15, 0.2) is 133 Å². The van der Waals surface area contributed by atoms with Gasteiger partial charge in [0.1, 0.15) is 0 Å². The summed E-state index contributed by atoms with van der Waals surface area (Å²) in [7, 11) is 0. The van der Waals surface area contributed by atoms with Crippen molar-refractivity contribution in [3.63, 3.8) is 0 Å². The van der Waals surface area contributed by atoms with Gasteiger partial charge in [-0.2, -0.15) is 0 Å². The van der Waals surface area contributed by atoms with Gasteiger partial charge in [-0.05, 0) is 92.6 Å². The number of para-hydroxylation sites is 1. The lowest BCUT2D eigenvalue weighted by Gasteiger charge is -2.36. The Balaban J connectivity index is 1.50. The predicted octanol–water partition coefficient (Wildman–Crippen LogP) is 8.96. The molecule has 0 fully saturated rings. The Labute approximate surface area is 230 Å². The average Bonchev–Trinajstić information content (AvgIpc) is 3.52. The van der Waals surface area contributed by atoms with Crippen molar-refractivity contribution in [2.45, 2.75) is 24.7 Å². The summed E-state index contributed by atoms with van der Waals surface area (Å²) in [6, 6.07) is 42.2. The van der Waals surface area contributed by atoms with E-state index in [4.69, 9.17) is 5.73 Å². The van der Waals surface area contributed by atoms with Crippen molar-refractivity contribution in [2.24, 2.45) is 0 Å². The van der Waals surface area contributed by atoms with Crippen molar-refractivity contribution < 1.29 is 0 Å². The van der Waals surface area contributed by atoms with Gasteiger partial charge in [-0.3, -0.25) is 0 Å². The minimum atomic E-state index is -0.508. The fraction of sp³-hybridized carbons (Fsp3) is 0.105. The Morgan fingerprint density at radius 3 is 2.15 bits per heavy atom. The monoisotopic (exact) mass is 499 g/mol. The van der Waals surface area contributed by atoms with E-state index in [2.05, 4.69) is 127 Å². The van der Waals surface area contributed by atoms with Gasteiger partial charge < -0.3 is 5.73 Å². The molecule has 1 unspecified atom stereocenters. The molecule has 186 valence electrons. The standard InChI is InChI=1S/C38H29N/c39-37-20-9-8-18-35(37)38(34-19-10-16-29-28-14-5-4-13-27(28)23-32(29)34)33-17-7-6-15-30(33)31-22-21-26(24-36(31)38)25-11-2-1-3-12-25/h1-3,5-12,14-22,24H,4,13,23,39H2. The van der Waals surface area contributed by atoms with Crippen LogP contribution in [-0.2, 0) is 11.8 Å². The molecule has 0 radical (unpaired) electrons. The van der Waals surface area contributed by atoms with Gasteiger partial charge in [0.25, 0.3) is 0 Å². The highest BCUT2D eigenvalue weighted by Crippen LogP contribution is 2.59.